The molecule has 40 heavy (non-hydrogen) atoms. The number of ether oxygens (including phenoxy) is 2. The first-order chi connectivity index (χ1) is 19.5. The highest BCUT2D eigenvalue weighted by Gasteiger charge is 2.14. The number of benzene rings is 1. The molecule has 1 N–H and O–H groups in total. The van der Waals surface area contributed by atoms with Gasteiger partial charge < -0.3 is 14.8 Å². The number of allylic oxidation sites excluding steroid dienone is 10. The molecule has 0 radical (unpaired) electrons. The Kier molecular flexibility index (Phi) is 20.9. The number of unbranched alkanes of at least 4 members (excludes halogenated alkanes) is 3. The van der Waals surface area contributed by atoms with Crippen LogP contribution in [0.2, 0.25) is 0 Å². The molecule has 0 aromatic heterocycles. The molecule has 0 saturated heterocycles. The first-order valence-corrected chi connectivity index (χ1v) is 14.5. The Morgan fingerprint density at radius 3 is 1.95 bits per heavy atom. The number of esters is 2. The molecule has 0 heterocycles. The van der Waals surface area contributed by atoms with E-state index in [1.807, 2.05) is 6.08 Å². The smallest absolute Gasteiger partial charge is 0.341 e. The summed E-state index contributed by atoms with van der Waals surface area (Å²) in [6.07, 6.45) is 32.2. The Hall–Kier alpha value is -3.67. The van der Waals surface area contributed by atoms with E-state index in [4.69, 9.17) is 9.47 Å². The summed E-state index contributed by atoms with van der Waals surface area (Å²) in [6.45, 7) is 4.01. The predicted octanol–water partition coefficient (Wildman–Crippen LogP) is 7.98. The van der Waals surface area contributed by atoms with Crippen molar-refractivity contribution in [1.29, 1.82) is 0 Å². The second-order valence-corrected chi connectivity index (χ2v) is 9.22. The Bertz CT molecular complexity index is 1000. The standard InChI is InChI=1S/C34H47NO5/c1-3-4-5-6-7-8-9-10-11-12-13-14-15-16-17-18-19-20-21-27-33(37)35-28-24-29-39-34(38)31-25-22-23-26-32(31)40-30(2)36/h4-5,7-8,10-11,16-17,19-20,22-23,25-26H,3,6,9,12-15,18,21,24,27-29H2,1-2H3,(H,35,37)/b5-4-,8-7-,11-10-,17-16-,20-19-. The molecule has 1 aromatic rings. The van der Waals surface area contributed by atoms with Gasteiger partial charge in [-0.15, -0.1) is 0 Å². The van der Waals surface area contributed by atoms with Crippen molar-refractivity contribution in [3.63, 3.8) is 0 Å². The summed E-state index contributed by atoms with van der Waals surface area (Å²) >= 11 is 0. The molecule has 0 saturated carbocycles. The normalized spacial score (nSPS) is 11.8. The van der Waals surface area contributed by atoms with Crippen molar-refractivity contribution >= 4 is 17.8 Å². The van der Waals surface area contributed by atoms with Gasteiger partial charge in [0.1, 0.15) is 11.3 Å². The Morgan fingerprint density at radius 2 is 1.32 bits per heavy atom. The van der Waals surface area contributed by atoms with Crippen molar-refractivity contribution < 1.29 is 23.9 Å². The highest BCUT2D eigenvalue weighted by molar-refractivity contribution is 5.93. The van der Waals surface area contributed by atoms with Crippen LogP contribution in [-0.4, -0.2) is 31.0 Å². The fourth-order valence-electron chi connectivity index (χ4n) is 3.58. The molecular weight excluding hydrogens is 502 g/mol. The lowest BCUT2D eigenvalue weighted by molar-refractivity contribution is -0.131. The van der Waals surface area contributed by atoms with Crippen LogP contribution in [-0.2, 0) is 14.3 Å². The topological polar surface area (TPSA) is 81.7 Å². The van der Waals surface area contributed by atoms with Crippen molar-refractivity contribution in [3.8, 4) is 5.75 Å². The molecule has 1 aromatic carbocycles. The first kappa shape index (κ1) is 34.4. The fourth-order valence-corrected chi connectivity index (χ4v) is 3.58. The van der Waals surface area contributed by atoms with Gasteiger partial charge in [-0.2, -0.15) is 0 Å². The number of para-hydroxylation sites is 1. The number of carbonyl (C=O) groups is 3. The molecule has 6 heteroatoms. The Morgan fingerprint density at radius 1 is 0.750 bits per heavy atom. The van der Waals surface area contributed by atoms with Crippen molar-refractivity contribution in [1.82, 2.24) is 5.32 Å². The summed E-state index contributed by atoms with van der Waals surface area (Å²) in [7, 11) is 0. The minimum Gasteiger partial charge on any atom is -0.462 e. The largest absolute Gasteiger partial charge is 0.462 e. The zero-order valence-corrected chi connectivity index (χ0v) is 24.3. The summed E-state index contributed by atoms with van der Waals surface area (Å²) in [6, 6.07) is 6.43. The van der Waals surface area contributed by atoms with Crippen molar-refractivity contribution in [3.05, 3.63) is 90.6 Å². The maximum absolute atomic E-state index is 12.2. The van der Waals surface area contributed by atoms with E-state index in [-0.39, 0.29) is 23.8 Å². The first-order valence-electron chi connectivity index (χ1n) is 14.5. The summed E-state index contributed by atoms with van der Waals surface area (Å²) in [5.74, 6) is -0.925. The second kappa shape index (κ2) is 24.4. The van der Waals surface area contributed by atoms with Crippen LogP contribution in [0.5, 0.6) is 5.75 Å². The molecule has 1 amide bonds. The van der Waals surface area contributed by atoms with Gasteiger partial charge in [-0.25, -0.2) is 4.79 Å². The van der Waals surface area contributed by atoms with Gasteiger partial charge >= 0.3 is 11.9 Å². The van der Waals surface area contributed by atoms with E-state index in [1.54, 1.807) is 24.3 Å². The van der Waals surface area contributed by atoms with Crippen LogP contribution in [0, 0.1) is 0 Å². The van der Waals surface area contributed by atoms with Gasteiger partial charge in [0, 0.05) is 19.9 Å². The van der Waals surface area contributed by atoms with Crippen LogP contribution in [0.4, 0.5) is 0 Å². The van der Waals surface area contributed by atoms with Gasteiger partial charge in [0.15, 0.2) is 0 Å². The summed E-state index contributed by atoms with van der Waals surface area (Å²) < 4.78 is 10.3. The Balaban J connectivity index is 2.00. The van der Waals surface area contributed by atoms with Crippen molar-refractivity contribution in [2.24, 2.45) is 0 Å². The van der Waals surface area contributed by atoms with Crippen molar-refractivity contribution in [2.45, 2.75) is 84.5 Å². The number of amides is 1. The van der Waals surface area contributed by atoms with Crippen LogP contribution in [0.1, 0.15) is 94.8 Å². The minimum atomic E-state index is -0.565. The van der Waals surface area contributed by atoms with Gasteiger partial charge in [0.05, 0.1) is 6.61 Å². The molecular formula is C34H47NO5. The van der Waals surface area contributed by atoms with E-state index in [2.05, 4.69) is 66.9 Å². The molecule has 0 atom stereocenters. The van der Waals surface area contributed by atoms with Gasteiger partial charge in [-0.05, 0) is 76.3 Å². The zero-order valence-electron chi connectivity index (χ0n) is 24.3. The van der Waals surface area contributed by atoms with Crippen LogP contribution < -0.4 is 10.1 Å². The number of nitrogens with one attached hydrogen (secondary N) is 1. The van der Waals surface area contributed by atoms with Gasteiger partial charge in [0.25, 0.3) is 0 Å². The number of carbonyl (C=O) groups excluding carboxylic acids is 3. The predicted molar refractivity (Wildman–Crippen MR) is 163 cm³/mol. The van der Waals surface area contributed by atoms with Crippen molar-refractivity contribution in [2.75, 3.05) is 13.2 Å². The molecule has 0 spiro atoms. The van der Waals surface area contributed by atoms with E-state index >= 15 is 0 Å². The highest BCUT2D eigenvalue weighted by atomic mass is 16.5. The second-order valence-electron chi connectivity index (χ2n) is 9.22. The summed E-state index contributed by atoms with van der Waals surface area (Å²) in [5.41, 5.74) is 0.196. The average Bonchev–Trinajstić information content (AvgIpc) is 2.94. The van der Waals surface area contributed by atoms with Crippen LogP contribution in [0.15, 0.2) is 85.0 Å². The average molecular weight is 550 g/mol. The van der Waals surface area contributed by atoms with E-state index in [1.165, 1.54) is 19.8 Å². The third-order valence-corrected chi connectivity index (χ3v) is 5.65. The van der Waals surface area contributed by atoms with Crippen LogP contribution in [0.3, 0.4) is 0 Å². The van der Waals surface area contributed by atoms with Crippen LogP contribution in [0.25, 0.3) is 0 Å². The number of hydrogen-bond acceptors (Lipinski definition) is 5. The van der Waals surface area contributed by atoms with Gasteiger partial charge in [-0.3, -0.25) is 9.59 Å². The molecule has 0 aliphatic carbocycles. The summed E-state index contributed by atoms with van der Waals surface area (Å²) in [5, 5.41) is 2.83. The molecule has 6 nitrogen and oxygen atoms in total. The monoisotopic (exact) mass is 549 g/mol. The number of rotatable bonds is 21. The van der Waals surface area contributed by atoms with E-state index in [9.17, 15) is 14.4 Å². The molecule has 0 aliphatic heterocycles. The third kappa shape index (κ3) is 19.4. The lowest BCUT2D eigenvalue weighted by Gasteiger charge is -2.09. The molecule has 0 unspecified atom stereocenters. The third-order valence-electron chi connectivity index (χ3n) is 5.65. The lowest BCUT2D eigenvalue weighted by Crippen LogP contribution is -2.25. The molecule has 0 bridgehead atoms. The lowest BCUT2D eigenvalue weighted by atomic mass is 10.1. The minimum absolute atomic E-state index is 0.0269. The quantitative estimate of drug-likeness (QED) is 0.0728. The molecule has 1 rings (SSSR count). The van der Waals surface area contributed by atoms with Gasteiger partial charge in [-0.1, -0.05) is 79.8 Å². The Labute approximate surface area is 240 Å². The van der Waals surface area contributed by atoms with E-state index in [0.29, 0.717) is 25.8 Å². The maximum atomic E-state index is 12.2. The molecule has 0 fully saturated rings. The molecule has 0 aliphatic rings. The fraction of sp³-hybridized carbons (Fsp3) is 0.441. The molecule has 218 valence electrons. The highest BCUT2D eigenvalue weighted by Crippen LogP contribution is 2.19. The zero-order chi connectivity index (χ0) is 29.1. The van der Waals surface area contributed by atoms with Crippen LogP contribution >= 0.6 is 0 Å². The summed E-state index contributed by atoms with van der Waals surface area (Å²) in [4.78, 5) is 35.4. The van der Waals surface area contributed by atoms with E-state index < -0.39 is 11.9 Å². The van der Waals surface area contributed by atoms with Gasteiger partial charge in [0.2, 0.25) is 5.91 Å². The maximum Gasteiger partial charge on any atom is 0.341 e. The SMILES string of the molecule is CC/C=C\C/C=C\C/C=C\CCCC/C=C\C/C=C\CCC(=O)NCCCOC(=O)c1ccccc1OC(C)=O. The number of hydrogen-bond donors (Lipinski definition) is 1. The van der Waals surface area contributed by atoms with E-state index in [0.717, 1.165) is 38.5 Å².